The highest BCUT2D eigenvalue weighted by molar-refractivity contribution is 6.42. The Morgan fingerprint density at radius 3 is 1.68 bits per heavy atom. The van der Waals surface area contributed by atoms with Gasteiger partial charge in [0.05, 0.1) is 0 Å². The maximum atomic E-state index is 11.0. The van der Waals surface area contributed by atoms with Gasteiger partial charge < -0.3 is 0 Å². The van der Waals surface area contributed by atoms with Crippen LogP contribution in [-0.4, -0.2) is 17.9 Å². The van der Waals surface area contributed by atoms with Crippen molar-refractivity contribution in [1.29, 1.82) is 0 Å². The third kappa shape index (κ3) is 5.08. The van der Waals surface area contributed by atoms with Gasteiger partial charge in [0.15, 0.2) is 5.78 Å². The second-order valence-corrected chi connectivity index (χ2v) is 3.78. The summed E-state index contributed by atoms with van der Waals surface area (Å²) in [5.41, 5.74) is 1.19. The van der Waals surface area contributed by atoms with Crippen LogP contribution in [0.5, 0.6) is 0 Å². The lowest BCUT2D eigenvalue weighted by Gasteiger charge is -1.93. The van der Waals surface area contributed by atoms with Crippen LogP contribution in [0.25, 0.3) is 0 Å². The third-order valence-corrected chi connectivity index (χ3v) is 2.29. The van der Waals surface area contributed by atoms with Gasteiger partial charge in [-0.3, -0.25) is 14.4 Å². The monoisotopic (exact) mass is 254 g/mol. The first-order valence-corrected chi connectivity index (χ1v) is 5.75. The molecule has 0 unspecified atom stereocenters. The lowest BCUT2D eigenvalue weighted by Crippen LogP contribution is -2.08. The number of rotatable bonds is 3. The molecule has 0 fully saturated rings. The molecule has 0 amide bonds. The van der Waals surface area contributed by atoms with Gasteiger partial charge in [0.25, 0.3) is 0 Å². The molecule has 0 spiro atoms. The van der Waals surface area contributed by atoms with E-state index in [1.54, 1.807) is 42.5 Å². The molecule has 0 heterocycles. The lowest BCUT2D eigenvalue weighted by atomic mass is 10.1. The summed E-state index contributed by atoms with van der Waals surface area (Å²) in [5, 5.41) is 0. The van der Waals surface area contributed by atoms with E-state index in [-0.39, 0.29) is 0 Å². The highest BCUT2D eigenvalue weighted by Gasteiger charge is 2.08. The molecule has 19 heavy (non-hydrogen) atoms. The molecule has 0 bridgehead atoms. The predicted molar refractivity (Wildman–Crippen MR) is 73.3 cm³/mol. The minimum Gasteiger partial charge on any atom is -0.298 e. The van der Waals surface area contributed by atoms with Gasteiger partial charge in [0, 0.05) is 18.1 Å². The summed E-state index contributed by atoms with van der Waals surface area (Å²) in [5.74, 6) is -0.846. The van der Waals surface area contributed by atoms with Crippen molar-refractivity contribution in [2.75, 3.05) is 0 Å². The molecule has 0 aromatic heterocycles. The zero-order valence-corrected chi connectivity index (χ0v) is 10.6. The Labute approximate surface area is 111 Å². The van der Waals surface area contributed by atoms with Gasteiger partial charge in [-0.1, -0.05) is 60.7 Å². The standard InChI is InChI=1S/C9H8O2.C7H6O/c1-7(10)9(11)8-5-3-2-4-6-8;8-6-7-4-2-1-3-5-7/h2-6H,1H3;1-6H. The van der Waals surface area contributed by atoms with E-state index >= 15 is 0 Å². The summed E-state index contributed by atoms with van der Waals surface area (Å²) in [6.07, 6.45) is 0.833. The summed E-state index contributed by atoms with van der Waals surface area (Å²) >= 11 is 0. The molecule has 2 rings (SSSR count). The molecular formula is C16H14O3. The number of hydrogen-bond donors (Lipinski definition) is 0. The molecule has 0 atom stereocenters. The first-order valence-electron chi connectivity index (χ1n) is 5.75. The van der Waals surface area contributed by atoms with Gasteiger partial charge >= 0.3 is 0 Å². The average molecular weight is 254 g/mol. The van der Waals surface area contributed by atoms with Gasteiger partial charge in [-0.2, -0.15) is 0 Å². The fourth-order valence-electron chi connectivity index (χ4n) is 1.32. The van der Waals surface area contributed by atoms with Crippen LogP contribution < -0.4 is 0 Å². The summed E-state index contributed by atoms with van der Waals surface area (Å²) < 4.78 is 0. The van der Waals surface area contributed by atoms with Gasteiger partial charge in [-0.05, 0) is 0 Å². The number of ketones is 2. The van der Waals surface area contributed by atoms with Crippen LogP contribution in [0.15, 0.2) is 60.7 Å². The highest BCUT2D eigenvalue weighted by atomic mass is 16.2. The van der Waals surface area contributed by atoms with E-state index in [9.17, 15) is 14.4 Å². The van der Waals surface area contributed by atoms with Crippen molar-refractivity contribution < 1.29 is 14.4 Å². The van der Waals surface area contributed by atoms with Crippen LogP contribution in [0, 0.1) is 0 Å². The summed E-state index contributed by atoms with van der Waals surface area (Å²) in [6.45, 7) is 1.27. The smallest absolute Gasteiger partial charge is 0.228 e. The Hall–Kier alpha value is -2.55. The Morgan fingerprint density at radius 2 is 1.32 bits per heavy atom. The Morgan fingerprint density at radius 1 is 0.842 bits per heavy atom. The van der Waals surface area contributed by atoms with Crippen LogP contribution in [0.3, 0.4) is 0 Å². The zero-order valence-electron chi connectivity index (χ0n) is 10.6. The van der Waals surface area contributed by atoms with E-state index in [4.69, 9.17) is 0 Å². The highest BCUT2D eigenvalue weighted by Crippen LogP contribution is 1.99. The van der Waals surface area contributed by atoms with Gasteiger partial charge in [-0.25, -0.2) is 0 Å². The second kappa shape index (κ2) is 7.71. The molecule has 0 aliphatic carbocycles. The van der Waals surface area contributed by atoms with Crippen molar-refractivity contribution in [3.8, 4) is 0 Å². The maximum Gasteiger partial charge on any atom is 0.228 e. The molecule has 2 aromatic rings. The first kappa shape index (κ1) is 14.5. The molecule has 0 saturated heterocycles. The van der Waals surface area contributed by atoms with Crippen molar-refractivity contribution in [2.45, 2.75) is 6.92 Å². The predicted octanol–water partition coefficient (Wildman–Crippen LogP) is 2.96. The quantitative estimate of drug-likeness (QED) is 0.480. The van der Waals surface area contributed by atoms with Gasteiger partial charge in [0.2, 0.25) is 5.78 Å². The fraction of sp³-hybridized carbons (Fsp3) is 0.0625. The number of benzene rings is 2. The molecule has 0 N–H and O–H groups in total. The zero-order chi connectivity index (χ0) is 14.1. The van der Waals surface area contributed by atoms with Crippen LogP contribution >= 0.6 is 0 Å². The van der Waals surface area contributed by atoms with Crippen LogP contribution in [-0.2, 0) is 4.79 Å². The number of carbonyl (C=O) groups excluding carboxylic acids is 3. The summed E-state index contributed by atoms with van der Waals surface area (Å²) in [7, 11) is 0. The van der Waals surface area contributed by atoms with Crippen molar-refractivity contribution >= 4 is 17.9 Å². The Kier molecular flexibility index (Phi) is 5.89. The number of aldehydes is 1. The molecule has 0 saturated carbocycles. The SMILES string of the molecule is CC(=O)C(=O)c1ccccc1.O=Cc1ccccc1. The normalized spacial score (nSPS) is 8.89. The average Bonchev–Trinajstić information content (AvgIpc) is 2.48. The largest absolute Gasteiger partial charge is 0.298 e. The Balaban J connectivity index is 0.000000200. The molecule has 0 aliphatic rings. The van der Waals surface area contributed by atoms with Gasteiger partial charge in [0.1, 0.15) is 6.29 Å². The number of Topliss-reactive ketones (excluding diaryl/α,β-unsaturated/α-hetero) is 2. The van der Waals surface area contributed by atoms with E-state index in [1.165, 1.54) is 6.92 Å². The lowest BCUT2D eigenvalue weighted by molar-refractivity contribution is -0.113. The second-order valence-electron chi connectivity index (χ2n) is 3.78. The first-order chi connectivity index (χ1) is 9.15. The van der Waals surface area contributed by atoms with Gasteiger partial charge in [-0.15, -0.1) is 0 Å². The minimum absolute atomic E-state index is 0.420. The molecule has 3 heteroatoms. The van der Waals surface area contributed by atoms with E-state index in [2.05, 4.69) is 0 Å². The van der Waals surface area contributed by atoms with Crippen molar-refractivity contribution in [3.05, 3.63) is 71.8 Å². The number of carbonyl (C=O) groups is 3. The maximum absolute atomic E-state index is 11.0. The minimum atomic E-state index is -0.425. The van der Waals surface area contributed by atoms with Crippen LogP contribution in [0.4, 0.5) is 0 Å². The van der Waals surface area contributed by atoms with E-state index < -0.39 is 11.6 Å². The van der Waals surface area contributed by atoms with E-state index in [1.807, 2.05) is 18.2 Å². The number of hydrogen-bond acceptors (Lipinski definition) is 3. The fourth-order valence-corrected chi connectivity index (χ4v) is 1.32. The molecule has 0 aliphatic heterocycles. The molecular weight excluding hydrogens is 240 g/mol. The van der Waals surface area contributed by atoms with E-state index in [0.717, 1.165) is 11.8 Å². The molecule has 2 aromatic carbocycles. The van der Waals surface area contributed by atoms with Crippen molar-refractivity contribution in [3.63, 3.8) is 0 Å². The van der Waals surface area contributed by atoms with Crippen molar-refractivity contribution in [2.24, 2.45) is 0 Å². The van der Waals surface area contributed by atoms with Crippen LogP contribution in [0.1, 0.15) is 27.6 Å². The topological polar surface area (TPSA) is 51.2 Å². The molecule has 3 nitrogen and oxygen atoms in total. The summed E-state index contributed by atoms with van der Waals surface area (Å²) in [6, 6.07) is 17.6. The molecule has 0 radical (unpaired) electrons. The molecule has 96 valence electrons. The third-order valence-electron chi connectivity index (χ3n) is 2.29. The Bertz CT molecular complexity index is 545. The van der Waals surface area contributed by atoms with Crippen molar-refractivity contribution in [1.82, 2.24) is 0 Å². The van der Waals surface area contributed by atoms with E-state index in [0.29, 0.717) is 5.56 Å². The van der Waals surface area contributed by atoms with Crippen LogP contribution in [0.2, 0.25) is 0 Å². The summed E-state index contributed by atoms with van der Waals surface area (Å²) in [4.78, 5) is 31.6.